The average Bonchev–Trinajstić information content (AvgIpc) is 2.15. The summed E-state index contributed by atoms with van der Waals surface area (Å²) in [6, 6.07) is 0.239. The molecule has 0 spiro atoms. The molecule has 1 unspecified atom stereocenters. The predicted octanol–water partition coefficient (Wildman–Crippen LogP) is 1.07. The summed E-state index contributed by atoms with van der Waals surface area (Å²) in [6.45, 7) is 9.08. The molecule has 0 aromatic heterocycles. The molecule has 1 heterocycles. The number of ether oxygens (including phenoxy) is 1. The second-order valence-electron chi connectivity index (χ2n) is 4.22. The van der Waals surface area contributed by atoms with E-state index in [1.165, 1.54) is 0 Å². The molecular weight excluding hydrogens is 180 g/mol. The van der Waals surface area contributed by atoms with Crippen LogP contribution in [0.3, 0.4) is 0 Å². The van der Waals surface area contributed by atoms with Gasteiger partial charge in [-0.2, -0.15) is 0 Å². The number of hydrogen-bond acceptors (Lipinski definition) is 3. The average molecular weight is 200 g/mol. The Kier molecular flexibility index (Phi) is 4.20. The fraction of sp³-hybridized carbons (Fsp3) is 0.900. The first-order valence-electron chi connectivity index (χ1n) is 5.25. The zero-order chi connectivity index (χ0) is 10.6. The van der Waals surface area contributed by atoms with Gasteiger partial charge in [0, 0.05) is 25.7 Å². The Morgan fingerprint density at radius 1 is 1.64 bits per heavy atom. The number of hydrogen-bond donors (Lipinski definition) is 1. The predicted molar refractivity (Wildman–Crippen MR) is 55.2 cm³/mol. The lowest BCUT2D eigenvalue weighted by molar-refractivity contribution is 0.0729. The van der Waals surface area contributed by atoms with E-state index in [0.717, 1.165) is 19.6 Å². The Labute approximate surface area is 85.6 Å². The molecule has 0 bridgehead atoms. The standard InChI is InChI=1S/C10H20N2O2/c1-8(2)7-14-10(13)12-5-4-11-6-9(12)3/h8-9,11H,4-7H2,1-3H3. The summed E-state index contributed by atoms with van der Waals surface area (Å²) in [7, 11) is 0. The smallest absolute Gasteiger partial charge is 0.410 e. The van der Waals surface area contributed by atoms with Crippen LogP contribution in [-0.2, 0) is 4.74 Å². The maximum Gasteiger partial charge on any atom is 0.410 e. The summed E-state index contributed by atoms with van der Waals surface area (Å²) in [5.41, 5.74) is 0. The molecule has 1 N–H and O–H groups in total. The third kappa shape index (κ3) is 3.18. The van der Waals surface area contributed by atoms with Crippen LogP contribution in [0.1, 0.15) is 20.8 Å². The lowest BCUT2D eigenvalue weighted by atomic mass is 10.2. The van der Waals surface area contributed by atoms with Crippen molar-refractivity contribution in [2.45, 2.75) is 26.8 Å². The van der Waals surface area contributed by atoms with Crippen molar-refractivity contribution in [3.05, 3.63) is 0 Å². The van der Waals surface area contributed by atoms with Crippen LogP contribution in [0.5, 0.6) is 0 Å². The van der Waals surface area contributed by atoms with E-state index in [0.29, 0.717) is 12.5 Å². The summed E-state index contributed by atoms with van der Waals surface area (Å²) < 4.78 is 5.17. The number of carbonyl (C=O) groups excluding carboxylic acids is 1. The third-order valence-corrected chi connectivity index (χ3v) is 2.28. The van der Waals surface area contributed by atoms with Crippen molar-refractivity contribution in [1.82, 2.24) is 10.2 Å². The van der Waals surface area contributed by atoms with Gasteiger partial charge >= 0.3 is 6.09 Å². The van der Waals surface area contributed by atoms with E-state index in [4.69, 9.17) is 4.74 Å². The van der Waals surface area contributed by atoms with Gasteiger partial charge in [0.05, 0.1) is 6.61 Å². The van der Waals surface area contributed by atoms with Crippen LogP contribution in [0.15, 0.2) is 0 Å². The van der Waals surface area contributed by atoms with Crippen molar-refractivity contribution < 1.29 is 9.53 Å². The number of rotatable bonds is 2. The highest BCUT2D eigenvalue weighted by molar-refractivity contribution is 5.68. The SMILES string of the molecule is CC(C)COC(=O)N1CCNCC1C. The van der Waals surface area contributed by atoms with E-state index in [9.17, 15) is 4.79 Å². The molecule has 0 aromatic carbocycles. The fourth-order valence-electron chi connectivity index (χ4n) is 1.43. The molecular formula is C10H20N2O2. The van der Waals surface area contributed by atoms with E-state index >= 15 is 0 Å². The van der Waals surface area contributed by atoms with Gasteiger partial charge in [0.25, 0.3) is 0 Å². The highest BCUT2D eigenvalue weighted by Gasteiger charge is 2.23. The number of nitrogens with zero attached hydrogens (tertiary/aromatic N) is 1. The van der Waals surface area contributed by atoms with Crippen molar-refractivity contribution >= 4 is 6.09 Å². The van der Waals surface area contributed by atoms with Gasteiger partial charge in [0.15, 0.2) is 0 Å². The van der Waals surface area contributed by atoms with Crippen molar-refractivity contribution in [1.29, 1.82) is 0 Å². The first kappa shape index (κ1) is 11.3. The molecule has 0 radical (unpaired) electrons. The minimum atomic E-state index is -0.173. The van der Waals surface area contributed by atoms with Gasteiger partial charge in [-0.05, 0) is 12.8 Å². The Bertz CT molecular complexity index is 195. The van der Waals surface area contributed by atoms with Crippen LogP contribution in [-0.4, -0.2) is 43.3 Å². The number of carbonyl (C=O) groups is 1. The highest BCUT2D eigenvalue weighted by Crippen LogP contribution is 2.05. The Morgan fingerprint density at radius 2 is 2.36 bits per heavy atom. The Hall–Kier alpha value is -0.770. The zero-order valence-corrected chi connectivity index (χ0v) is 9.25. The van der Waals surface area contributed by atoms with E-state index < -0.39 is 0 Å². The summed E-state index contributed by atoms with van der Waals surface area (Å²) in [5.74, 6) is 0.400. The van der Waals surface area contributed by atoms with E-state index in [1.807, 2.05) is 20.8 Å². The molecule has 1 amide bonds. The van der Waals surface area contributed by atoms with Crippen LogP contribution in [0.4, 0.5) is 4.79 Å². The molecule has 82 valence electrons. The highest BCUT2D eigenvalue weighted by atomic mass is 16.6. The van der Waals surface area contributed by atoms with E-state index in [1.54, 1.807) is 4.90 Å². The van der Waals surface area contributed by atoms with E-state index in [2.05, 4.69) is 5.32 Å². The van der Waals surface area contributed by atoms with Crippen LogP contribution >= 0.6 is 0 Å². The molecule has 14 heavy (non-hydrogen) atoms. The molecule has 1 atom stereocenters. The summed E-state index contributed by atoms with van der Waals surface area (Å²) in [4.78, 5) is 13.4. The minimum absolute atomic E-state index is 0.173. The first-order valence-corrected chi connectivity index (χ1v) is 5.25. The number of nitrogens with one attached hydrogen (secondary N) is 1. The lowest BCUT2D eigenvalue weighted by Crippen LogP contribution is -2.52. The third-order valence-electron chi connectivity index (χ3n) is 2.28. The molecule has 4 heteroatoms. The molecule has 1 rings (SSSR count). The summed E-state index contributed by atoms with van der Waals surface area (Å²) in [5, 5.41) is 3.23. The lowest BCUT2D eigenvalue weighted by Gasteiger charge is -2.33. The van der Waals surface area contributed by atoms with Gasteiger partial charge in [-0.15, -0.1) is 0 Å². The maximum atomic E-state index is 11.6. The fourth-order valence-corrected chi connectivity index (χ4v) is 1.43. The summed E-state index contributed by atoms with van der Waals surface area (Å²) in [6.07, 6.45) is -0.173. The van der Waals surface area contributed by atoms with Crippen LogP contribution in [0.2, 0.25) is 0 Å². The van der Waals surface area contributed by atoms with Crippen LogP contribution in [0.25, 0.3) is 0 Å². The second-order valence-corrected chi connectivity index (χ2v) is 4.22. The number of piperazine rings is 1. The topological polar surface area (TPSA) is 41.6 Å². The molecule has 1 aliphatic heterocycles. The quantitative estimate of drug-likeness (QED) is 0.725. The number of amides is 1. The first-order chi connectivity index (χ1) is 6.61. The van der Waals surface area contributed by atoms with Crippen LogP contribution < -0.4 is 5.32 Å². The molecule has 1 fully saturated rings. The van der Waals surface area contributed by atoms with E-state index in [-0.39, 0.29) is 12.1 Å². The molecule has 0 aromatic rings. The Balaban J connectivity index is 2.34. The van der Waals surface area contributed by atoms with Crippen molar-refractivity contribution in [2.75, 3.05) is 26.2 Å². The second kappa shape index (κ2) is 5.20. The largest absolute Gasteiger partial charge is 0.449 e. The van der Waals surface area contributed by atoms with Gasteiger partial charge in [0.1, 0.15) is 0 Å². The van der Waals surface area contributed by atoms with Gasteiger partial charge in [-0.25, -0.2) is 4.79 Å². The van der Waals surface area contributed by atoms with Gasteiger partial charge in [-0.3, -0.25) is 0 Å². The van der Waals surface area contributed by atoms with Gasteiger partial charge in [0.2, 0.25) is 0 Å². The van der Waals surface area contributed by atoms with Crippen molar-refractivity contribution in [3.8, 4) is 0 Å². The van der Waals surface area contributed by atoms with Gasteiger partial charge < -0.3 is 15.0 Å². The van der Waals surface area contributed by atoms with Crippen molar-refractivity contribution in [2.24, 2.45) is 5.92 Å². The minimum Gasteiger partial charge on any atom is -0.449 e. The molecule has 0 saturated carbocycles. The molecule has 4 nitrogen and oxygen atoms in total. The summed E-state index contributed by atoms with van der Waals surface area (Å²) >= 11 is 0. The van der Waals surface area contributed by atoms with Crippen molar-refractivity contribution in [3.63, 3.8) is 0 Å². The monoisotopic (exact) mass is 200 g/mol. The molecule has 1 saturated heterocycles. The maximum absolute atomic E-state index is 11.6. The molecule has 1 aliphatic rings. The normalized spacial score (nSPS) is 22.6. The molecule has 0 aliphatic carbocycles. The zero-order valence-electron chi connectivity index (χ0n) is 9.25. The Morgan fingerprint density at radius 3 is 2.93 bits per heavy atom. The van der Waals surface area contributed by atoms with Crippen LogP contribution in [0, 0.1) is 5.92 Å². The van der Waals surface area contributed by atoms with Gasteiger partial charge in [-0.1, -0.05) is 13.8 Å².